The SMILES string of the molecule is COc1ccc(-c2cn(-c3ccc(F)cc3)c(CC(=O)N3CCN(c4cc(OC)ncn4)CC3)n2)cc1. The van der Waals surface area contributed by atoms with Gasteiger partial charge in [-0.15, -0.1) is 0 Å². The van der Waals surface area contributed by atoms with E-state index < -0.39 is 0 Å². The summed E-state index contributed by atoms with van der Waals surface area (Å²) < 4.78 is 25.9. The molecule has 0 aliphatic carbocycles. The van der Waals surface area contributed by atoms with Crippen molar-refractivity contribution < 1.29 is 18.7 Å². The number of hydrogen-bond donors (Lipinski definition) is 0. The van der Waals surface area contributed by atoms with Crippen LogP contribution in [0.2, 0.25) is 0 Å². The number of rotatable bonds is 7. The van der Waals surface area contributed by atoms with Gasteiger partial charge in [-0.3, -0.25) is 4.79 Å². The highest BCUT2D eigenvalue weighted by Crippen LogP contribution is 2.25. The predicted octanol–water partition coefficient (Wildman–Crippen LogP) is 3.38. The fraction of sp³-hybridized carbons (Fsp3) is 0.259. The Bertz CT molecular complexity index is 1370. The molecular weight excluding hydrogens is 475 g/mol. The molecule has 190 valence electrons. The monoisotopic (exact) mass is 502 g/mol. The van der Waals surface area contributed by atoms with Crippen LogP contribution < -0.4 is 14.4 Å². The normalized spacial score (nSPS) is 13.5. The molecule has 0 saturated carbocycles. The van der Waals surface area contributed by atoms with Crippen molar-refractivity contribution in [3.63, 3.8) is 0 Å². The maximum atomic E-state index is 13.6. The minimum Gasteiger partial charge on any atom is -0.497 e. The van der Waals surface area contributed by atoms with E-state index in [4.69, 9.17) is 14.5 Å². The van der Waals surface area contributed by atoms with Gasteiger partial charge in [0.2, 0.25) is 11.8 Å². The van der Waals surface area contributed by atoms with Crippen LogP contribution in [0.4, 0.5) is 10.2 Å². The Morgan fingerprint density at radius 3 is 2.35 bits per heavy atom. The number of carbonyl (C=O) groups is 1. The smallest absolute Gasteiger partial charge is 0.230 e. The van der Waals surface area contributed by atoms with E-state index in [9.17, 15) is 9.18 Å². The number of benzene rings is 2. The van der Waals surface area contributed by atoms with Crippen LogP contribution in [-0.2, 0) is 11.2 Å². The van der Waals surface area contributed by atoms with Gasteiger partial charge in [-0.1, -0.05) is 0 Å². The van der Waals surface area contributed by atoms with Crippen molar-refractivity contribution in [3.8, 4) is 28.6 Å². The van der Waals surface area contributed by atoms with Gasteiger partial charge in [-0.25, -0.2) is 19.3 Å². The Morgan fingerprint density at radius 2 is 1.68 bits per heavy atom. The van der Waals surface area contributed by atoms with Crippen molar-refractivity contribution in [1.82, 2.24) is 24.4 Å². The molecule has 10 heteroatoms. The molecule has 2 aromatic heterocycles. The number of anilines is 1. The summed E-state index contributed by atoms with van der Waals surface area (Å²) in [5, 5.41) is 0. The molecule has 37 heavy (non-hydrogen) atoms. The lowest BCUT2D eigenvalue weighted by atomic mass is 10.1. The average molecular weight is 503 g/mol. The molecule has 1 fully saturated rings. The zero-order chi connectivity index (χ0) is 25.8. The van der Waals surface area contributed by atoms with Gasteiger partial charge in [-0.05, 0) is 48.5 Å². The summed E-state index contributed by atoms with van der Waals surface area (Å²) in [7, 11) is 3.19. The molecule has 1 aliphatic heterocycles. The van der Waals surface area contributed by atoms with Gasteiger partial charge >= 0.3 is 0 Å². The number of ether oxygens (including phenoxy) is 2. The third-order valence-electron chi connectivity index (χ3n) is 6.37. The van der Waals surface area contributed by atoms with Crippen molar-refractivity contribution >= 4 is 11.7 Å². The lowest BCUT2D eigenvalue weighted by Crippen LogP contribution is -2.49. The van der Waals surface area contributed by atoms with Crippen LogP contribution in [0.15, 0.2) is 67.1 Å². The van der Waals surface area contributed by atoms with E-state index in [1.807, 2.05) is 39.9 Å². The minimum atomic E-state index is -0.323. The number of aromatic nitrogens is 4. The molecule has 5 rings (SSSR count). The summed E-state index contributed by atoms with van der Waals surface area (Å²) in [6, 6.07) is 15.5. The fourth-order valence-electron chi connectivity index (χ4n) is 4.32. The number of halogens is 1. The second-order valence-electron chi connectivity index (χ2n) is 8.58. The van der Waals surface area contributed by atoms with Crippen LogP contribution in [0.1, 0.15) is 5.82 Å². The molecule has 0 radical (unpaired) electrons. The number of hydrogen-bond acceptors (Lipinski definition) is 7. The van der Waals surface area contributed by atoms with Crippen LogP contribution >= 0.6 is 0 Å². The highest BCUT2D eigenvalue weighted by atomic mass is 19.1. The summed E-state index contributed by atoms with van der Waals surface area (Å²) in [5.74, 6) is 2.27. The molecule has 1 saturated heterocycles. The first kappa shape index (κ1) is 24.2. The molecule has 0 atom stereocenters. The molecule has 0 bridgehead atoms. The molecule has 0 unspecified atom stereocenters. The number of amides is 1. The van der Waals surface area contributed by atoms with E-state index in [2.05, 4.69) is 14.9 Å². The van der Waals surface area contributed by atoms with Crippen LogP contribution in [-0.4, -0.2) is 70.7 Å². The molecule has 0 spiro atoms. The van der Waals surface area contributed by atoms with Crippen molar-refractivity contribution in [3.05, 3.63) is 78.8 Å². The van der Waals surface area contributed by atoms with Crippen molar-refractivity contribution in [2.24, 2.45) is 0 Å². The van der Waals surface area contributed by atoms with Crippen LogP contribution in [0, 0.1) is 5.82 Å². The standard InChI is InChI=1S/C27H27FN6O3/c1-36-22-9-3-19(4-10-22)23-17-34(21-7-5-20(28)6-8-21)25(31-23)16-27(35)33-13-11-32(12-14-33)24-15-26(37-2)30-18-29-24/h3-10,15,17-18H,11-14,16H2,1-2H3. The molecule has 3 heterocycles. The van der Waals surface area contributed by atoms with Gasteiger partial charge in [0.1, 0.15) is 29.5 Å². The summed E-state index contributed by atoms with van der Waals surface area (Å²) in [6.45, 7) is 2.42. The van der Waals surface area contributed by atoms with Crippen LogP contribution in [0.3, 0.4) is 0 Å². The molecule has 2 aromatic carbocycles. The van der Waals surface area contributed by atoms with Crippen LogP contribution in [0.5, 0.6) is 11.6 Å². The molecule has 1 aliphatic rings. The Hall–Kier alpha value is -4.47. The second kappa shape index (κ2) is 10.7. The van der Waals surface area contributed by atoms with E-state index in [1.54, 1.807) is 32.4 Å². The van der Waals surface area contributed by atoms with E-state index >= 15 is 0 Å². The molecule has 9 nitrogen and oxygen atoms in total. The van der Waals surface area contributed by atoms with Gasteiger partial charge < -0.3 is 23.8 Å². The lowest BCUT2D eigenvalue weighted by Gasteiger charge is -2.35. The van der Waals surface area contributed by atoms with Gasteiger partial charge in [0, 0.05) is 49.7 Å². The Balaban J connectivity index is 1.34. The Morgan fingerprint density at radius 1 is 0.946 bits per heavy atom. The summed E-state index contributed by atoms with van der Waals surface area (Å²) in [6.07, 6.45) is 3.47. The maximum absolute atomic E-state index is 13.6. The predicted molar refractivity (Wildman–Crippen MR) is 137 cm³/mol. The first-order valence-corrected chi connectivity index (χ1v) is 11.9. The fourth-order valence-corrected chi connectivity index (χ4v) is 4.32. The summed E-state index contributed by atoms with van der Waals surface area (Å²) in [4.78, 5) is 30.4. The highest BCUT2D eigenvalue weighted by molar-refractivity contribution is 5.79. The van der Waals surface area contributed by atoms with Crippen molar-refractivity contribution in [1.29, 1.82) is 0 Å². The number of piperazine rings is 1. The molecule has 1 amide bonds. The topological polar surface area (TPSA) is 85.6 Å². The largest absolute Gasteiger partial charge is 0.497 e. The highest BCUT2D eigenvalue weighted by Gasteiger charge is 2.24. The van der Waals surface area contributed by atoms with Gasteiger partial charge in [0.15, 0.2) is 0 Å². The number of methoxy groups -OCH3 is 2. The zero-order valence-electron chi connectivity index (χ0n) is 20.7. The van der Waals surface area contributed by atoms with Crippen molar-refractivity contribution in [2.45, 2.75) is 6.42 Å². The van der Waals surface area contributed by atoms with E-state index in [0.717, 1.165) is 28.5 Å². The number of nitrogens with zero attached hydrogens (tertiary/aromatic N) is 6. The summed E-state index contributed by atoms with van der Waals surface area (Å²) in [5.41, 5.74) is 2.35. The summed E-state index contributed by atoms with van der Waals surface area (Å²) >= 11 is 0. The van der Waals surface area contributed by atoms with Gasteiger partial charge in [-0.2, -0.15) is 0 Å². The molecule has 4 aromatic rings. The quantitative estimate of drug-likeness (QED) is 0.383. The molecule has 0 N–H and O–H groups in total. The third kappa shape index (κ3) is 5.37. The first-order chi connectivity index (χ1) is 18.0. The zero-order valence-corrected chi connectivity index (χ0v) is 20.7. The second-order valence-corrected chi connectivity index (χ2v) is 8.58. The van der Waals surface area contributed by atoms with Gasteiger partial charge in [0.05, 0.1) is 26.3 Å². The molecular formula is C27H27FN6O3. The number of imidazole rings is 1. The Labute approximate surface area is 214 Å². The van der Waals surface area contributed by atoms with Crippen molar-refractivity contribution in [2.75, 3.05) is 45.3 Å². The van der Waals surface area contributed by atoms with Crippen LogP contribution in [0.25, 0.3) is 16.9 Å². The Kier molecular flexibility index (Phi) is 6.98. The lowest BCUT2D eigenvalue weighted by molar-refractivity contribution is -0.130. The first-order valence-electron chi connectivity index (χ1n) is 11.9. The maximum Gasteiger partial charge on any atom is 0.230 e. The van der Waals surface area contributed by atoms with E-state index in [0.29, 0.717) is 37.9 Å². The van der Waals surface area contributed by atoms with E-state index in [1.165, 1.54) is 18.5 Å². The minimum absolute atomic E-state index is 0.0184. The number of carbonyl (C=O) groups excluding carboxylic acids is 1. The van der Waals surface area contributed by atoms with Gasteiger partial charge in [0.25, 0.3) is 0 Å². The average Bonchev–Trinajstić information content (AvgIpc) is 3.37. The van der Waals surface area contributed by atoms with E-state index in [-0.39, 0.29) is 18.1 Å². The third-order valence-corrected chi connectivity index (χ3v) is 6.37.